The van der Waals surface area contributed by atoms with E-state index in [4.69, 9.17) is 4.74 Å². The van der Waals surface area contributed by atoms with Crippen molar-refractivity contribution in [3.63, 3.8) is 0 Å². The standard InChI is InChI=1S/C24H30N4O5S/c1-26(34(31,32)21-9-10-22-18(15-21)5-3-8-23(29)25-22)17-24(30)28-13-11-27(12-14-28)19-6-4-7-20(16-19)33-2/h4,6-7,9-10,15-16H,3,5,8,11-14,17H2,1-2H3,(H,25,29). The number of nitrogens with zero attached hydrogens (tertiary/aromatic N) is 3. The van der Waals surface area contributed by atoms with Gasteiger partial charge in [-0.3, -0.25) is 9.59 Å². The Morgan fingerprint density at radius 3 is 2.59 bits per heavy atom. The Bertz CT molecular complexity index is 1180. The minimum Gasteiger partial charge on any atom is -0.497 e. The number of fused-ring (bicyclic) bond motifs is 1. The van der Waals surface area contributed by atoms with E-state index in [0.717, 1.165) is 21.3 Å². The molecule has 0 saturated carbocycles. The summed E-state index contributed by atoms with van der Waals surface area (Å²) >= 11 is 0. The number of ether oxygens (including phenoxy) is 1. The normalized spacial score (nSPS) is 16.6. The lowest BCUT2D eigenvalue weighted by Crippen LogP contribution is -2.51. The summed E-state index contributed by atoms with van der Waals surface area (Å²) < 4.78 is 32.6. The van der Waals surface area contributed by atoms with E-state index < -0.39 is 10.0 Å². The lowest BCUT2D eigenvalue weighted by molar-refractivity contribution is -0.131. The topological polar surface area (TPSA) is 99.3 Å². The first-order chi connectivity index (χ1) is 16.3. The highest BCUT2D eigenvalue weighted by Gasteiger charge is 2.28. The van der Waals surface area contributed by atoms with Crippen LogP contribution in [-0.4, -0.2) is 76.3 Å². The summed E-state index contributed by atoms with van der Waals surface area (Å²) in [4.78, 5) is 28.6. The number of anilines is 2. The van der Waals surface area contributed by atoms with Crippen molar-refractivity contribution in [2.45, 2.75) is 24.2 Å². The Balaban J connectivity index is 1.38. The molecular formula is C24H30N4O5S. The van der Waals surface area contributed by atoms with E-state index in [-0.39, 0.29) is 23.3 Å². The fourth-order valence-electron chi connectivity index (χ4n) is 4.29. The fourth-order valence-corrected chi connectivity index (χ4v) is 5.46. The van der Waals surface area contributed by atoms with Gasteiger partial charge in [-0.1, -0.05) is 6.07 Å². The van der Waals surface area contributed by atoms with Gasteiger partial charge in [-0.25, -0.2) is 8.42 Å². The molecule has 2 aromatic carbocycles. The smallest absolute Gasteiger partial charge is 0.243 e. The molecular weight excluding hydrogens is 456 g/mol. The first-order valence-electron chi connectivity index (χ1n) is 11.3. The Morgan fingerprint density at radius 1 is 1.09 bits per heavy atom. The van der Waals surface area contributed by atoms with E-state index in [1.165, 1.54) is 13.1 Å². The van der Waals surface area contributed by atoms with Gasteiger partial charge in [0, 0.05) is 57.1 Å². The molecule has 2 aromatic rings. The average Bonchev–Trinajstić information content (AvgIpc) is 3.04. The van der Waals surface area contributed by atoms with E-state index in [1.807, 2.05) is 24.3 Å². The van der Waals surface area contributed by atoms with Gasteiger partial charge in [-0.2, -0.15) is 4.31 Å². The number of hydrogen-bond donors (Lipinski definition) is 1. The minimum atomic E-state index is -3.84. The van der Waals surface area contributed by atoms with Crippen LogP contribution in [0.1, 0.15) is 18.4 Å². The monoisotopic (exact) mass is 486 g/mol. The summed E-state index contributed by atoms with van der Waals surface area (Å²) in [6.07, 6.45) is 1.70. The van der Waals surface area contributed by atoms with Crippen LogP contribution in [0.4, 0.5) is 11.4 Å². The van der Waals surface area contributed by atoms with E-state index in [9.17, 15) is 18.0 Å². The third-order valence-electron chi connectivity index (χ3n) is 6.32. The average molecular weight is 487 g/mol. The van der Waals surface area contributed by atoms with Crippen molar-refractivity contribution < 1.29 is 22.7 Å². The number of rotatable bonds is 6. The Morgan fingerprint density at radius 2 is 1.85 bits per heavy atom. The molecule has 0 bridgehead atoms. The zero-order valence-electron chi connectivity index (χ0n) is 19.5. The van der Waals surface area contributed by atoms with Crippen molar-refractivity contribution in [1.29, 1.82) is 0 Å². The maximum absolute atomic E-state index is 13.1. The number of methoxy groups -OCH3 is 1. The fraction of sp³-hybridized carbons (Fsp3) is 0.417. The van der Waals surface area contributed by atoms with Crippen LogP contribution in [0.15, 0.2) is 47.4 Å². The molecule has 0 atom stereocenters. The van der Waals surface area contributed by atoms with Crippen LogP contribution in [0.25, 0.3) is 0 Å². The lowest BCUT2D eigenvalue weighted by atomic mass is 10.1. The molecule has 2 amide bonds. The second-order valence-corrected chi connectivity index (χ2v) is 10.6. The van der Waals surface area contributed by atoms with Crippen LogP contribution >= 0.6 is 0 Å². The number of benzene rings is 2. The Kier molecular flexibility index (Phi) is 7.08. The molecule has 34 heavy (non-hydrogen) atoms. The number of carbonyl (C=O) groups is 2. The number of aryl methyl sites for hydroxylation is 1. The molecule has 2 aliphatic heterocycles. The van der Waals surface area contributed by atoms with Crippen LogP contribution in [0.2, 0.25) is 0 Å². The number of carbonyl (C=O) groups excluding carboxylic acids is 2. The van der Waals surface area contributed by atoms with E-state index in [2.05, 4.69) is 10.2 Å². The maximum atomic E-state index is 13.1. The van der Waals surface area contributed by atoms with Crippen LogP contribution in [0.3, 0.4) is 0 Å². The van der Waals surface area contributed by atoms with Gasteiger partial charge in [0.1, 0.15) is 5.75 Å². The molecule has 2 heterocycles. The van der Waals surface area contributed by atoms with Gasteiger partial charge in [0.2, 0.25) is 21.8 Å². The molecule has 1 saturated heterocycles. The zero-order valence-corrected chi connectivity index (χ0v) is 20.3. The zero-order chi connectivity index (χ0) is 24.3. The third-order valence-corrected chi connectivity index (χ3v) is 8.12. The van der Waals surface area contributed by atoms with Crippen LogP contribution in [0.5, 0.6) is 5.75 Å². The predicted octanol–water partition coefficient (Wildman–Crippen LogP) is 1.94. The van der Waals surface area contributed by atoms with Gasteiger partial charge >= 0.3 is 0 Å². The van der Waals surface area contributed by atoms with Crippen molar-refractivity contribution >= 4 is 33.2 Å². The Labute approximate surface area is 200 Å². The quantitative estimate of drug-likeness (QED) is 0.670. The van der Waals surface area contributed by atoms with Crippen molar-refractivity contribution in [3.8, 4) is 5.75 Å². The van der Waals surface area contributed by atoms with E-state index in [0.29, 0.717) is 51.1 Å². The van der Waals surface area contributed by atoms with Crippen LogP contribution < -0.4 is 15.0 Å². The number of likely N-dealkylation sites (N-methyl/N-ethyl adjacent to an activating group) is 1. The molecule has 0 unspecified atom stereocenters. The molecule has 9 nitrogen and oxygen atoms in total. The molecule has 4 rings (SSSR count). The molecule has 0 spiro atoms. The van der Waals surface area contributed by atoms with Gasteiger partial charge in [0.05, 0.1) is 18.6 Å². The van der Waals surface area contributed by atoms with Gasteiger partial charge in [0.25, 0.3) is 0 Å². The van der Waals surface area contributed by atoms with Crippen molar-refractivity contribution in [3.05, 3.63) is 48.0 Å². The maximum Gasteiger partial charge on any atom is 0.243 e. The lowest BCUT2D eigenvalue weighted by Gasteiger charge is -2.36. The highest BCUT2D eigenvalue weighted by molar-refractivity contribution is 7.89. The highest BCUT2D eigenvalue weighted by Crippen LogP contribution is 2.27. The number of hydrogen-bond acceptors (Lipinski definition) is 6. The summed E-state index contributed by atoms with van der Waals surface area (Å²) in [7, 11) is -0.792. The summed E-state index contributed by atoms with van der Waals surface area (Å²) in [6.45, 7) is 2.12. The molecule has 1 fully saturated rings. The molecule has 182 valence electrons. The number of nitrogens with one attached hydrogen (secondary N) is 1. The number of sulfonamides is 1. The molecule has 0 aromatic heterocycles. The molecule has 0 aliphatic carbocycles. The Hall–Kier alpha value is -3.11. The SMILES string of the molecule is COc1cccc(N2CCN(C(=O)CN(C)S(=O)(=O)c3ccc4c(c3)CCCC(=O)N4)CC2)c1. The molecule has 1 N–H and O–H groups in total. The van der Waals surface area contributed by atoms with E-state index >= 15 is 0 Å². The van der Waals surface area contributed by atoms with Gasteiger partial charge in [-0.05, 0) is 48.7 Å². The van der Waals surface area contributed by atoms with Crippen molar-refractivity contribution in [1.82, 2.24) is 9.21 Å². The largest absolute Gasteiger partial charge is 0.497 e. The van der Waals surface area contributed by atoms with Gasteiger partial charge < -0.3 is 19.9 Å². The third kappa shape index (κ3) is 5.18. The minimum absolute atomic E-state index is 0.0661. The summed E-state index contributed by atoms with van der Waals surface area (Å²) in [5, 5.41) is 2.81. The van der Waals surface area contributed by atoms with Crippen molar-refractivity contribution in [2.75, 3.05) is 57.1 Å². The number of amides is 2. The number of piperazine rings is 1. The van der Waals surface area contributed by atoms with Gasteiger partial charge in [0.15, 0.2) is 0 Å². The molecule has 10 heteroatoms. The van der Waals surface area contributed by atoms with E-state index in [1.54, 1.807) is 24.1 Å². The molecule has 0 radical (unpaired) electrons. The summed E-state index contributed by atoms with van der Waals surface area (Å²) in [6, 6.07) is 12.5. The van der Waals surface area contributed by atoms with Crippen molar-refractivity contribution in [2.24, 2.45) is 0 Å². The second-order valence-electron chi connectivity index (χ2n) is 8.55. The first-order valence-corrected chi connectivity index (χ1v) is 12.8. The molecule has 2 aliphatic rings. The summed E-state index contributed by atoms with van der Waals surface area (Å²) in [5.41, 5.74) is 2.47. The predicted molar refractivity (Wildman–Crippen MR) is 130 cm³/mol. The van der Waals surface area contributed by atoms with Crippen LogP contribution in [-0.2, 0) is 26.0 Å². The first kappa shape index (κ1) is 24.0. The summed E-state index contributed by atoms with van der Waals surface area (Å²) in [5.74, 6) is 0.491. The van der Waals surface area contributed by atoms with Gasteiger partial charge in [-0.15, -0.1) is 0 Å². The van der Waals surface area contributed by atoms with Crippen LogP contribution in [0, 0.1) is 0 Å². The second kappa shape index (κ2) is 10.0. The highest BCUT2D eigenvalue weighted by atomic mass is 32.2.